The molecule has 3 rings (SSSR count). The van der Waals surface area contributed by atoms with E-state index in [1.54, 1.807) is 12.4 Å². The molecule has 0 atom stereocenters. The molecule has 4 N–H and O–H groups in total. The first-order valence-corrected chi connectivity index (χ1v) is 4.38. The Labute approximate surface area is 84.5 Å². The zero-order valence-corrected chi connectivity index (χ0v) is 7.75. The molecule has 0 unspecified atom stereocenters. The Morgan fingerprint density at radius 2 is 2.20 bits per heavy atom. The molecule has 74 valence electrons. The molecular weight excluding hydrogens is 192 g/mol. The van der Waals surface area contributed by atoms with Crippen molar-refractivity contribution in [1.29, 1.82) is 0 Å². The molecule has 6 nitrogen and oxygen atoms in total. The van der Waals surface area contributed by atoms with Crippen molar-refractivity contribution in [2.75, 3.05) is 11.6 Å². The van der Waals surface area contributed by atoms with Crippen molar-refractivity contribution in [3.05, 3.63) is 24.8 Å². The molecule has 0 fully saturated rings. The van der Waals surface area contributed by atoms with Crippen LogP contribution in [0.3, 0.4) is 0 Å². The van der Waals surface area contributed by atoms with E-state index in [1.165, 1.54) is 11.0 Å². The molecule has 0 saturated carbocycles. The van der Waals surface area contributed by atoms with Gasteiger partial charge in [0.25, 0.3) is 0 Å². The van der Waals surface area contributed by atoms with Crippen molar-refractivity contribution in [3.8, 4) is 0 Å². The van der Waals surface area contributed by atoms with E-state index in [0.29, 0.717) is 11.3 Å². The molecule has 0 saturated heterocycles. The maximum absolute atomic E-state index is 5.77. The van der Waals surface area contributed by atoms with Crippen LogP contribution >= 0.6 is 0 Å². The maximum Gasteiger partial charge on any atom is 0.152 e. The average molecular weight is 200 g/mol. The number of fused-ring (bicyclic) bond motifs is 3. The molecule has 0 spiro atoms. The summed E-state index contributed by atoms with van der Waals surface area (Å²) in [6.07, 6.45) is 4.85. The van der Waals surface area contributed by atoms with Gasteiger partial charge < -0.3 is 11.6 Å². The third-order valence-corrected chi connectivity index (χ3v) is 2.33. The SMILES string of the molecule is Nc1nc2cnccc2c2c1ncn2N. The monoisotopic (exact) mass is 200 g/mol. The average Bonchev–Trinajstić information content (AvgIpc) is 2.62. The van der Waals surface area contributed by atoms with Crippen LogP contribution in [-0.4, -0.2) is 19.6 Å². The van der Waals surface area contributed by atoms with Crippen molar-refractivity contribution in [1.82, 2.24) is 19.6 Å². The van der Waals surface area contributed by atoms with Crippen LogP contribution in [0.5, 0.6) is 0 Å². The predicted octanol–water partition coefficient (Wildman–Crippen LogP) is 0.275. The summed E-state index contributed by atoms with van der Waals surface area (Å²) in [5.41, 5.74) is 7.88. The number of nitrogen functional groups attached to an aromatic ring is 2. The molecule has 3 heterocycles. The smallest absolute Gasteiger partial charge is 0.152 e. The minimum atomic E-state index is 0.370. The van der Waals surface area contributed by atoms with E-state index in [0.717, 1.165) is 16.4 Å². The van der Waals surface area contributed by atoms with E-state index in [9.17, 15) is 0 Å². The number of pyridine rings is 2. The molecule has 3 aromatic heterocycles. The molecule has 0 radical (unpaired) electrons. The van der Waals surface area contributed by atoms with Crippen LogP contribution < -0.4 is 11.6 Å². The predicted molar refractivity (Wildman–Crippen MR) is 57.4 cm³/mol. The number of nitrogens with two attached hydrogens (primary N) is 2. The van der Waals surface area contributed by atoms with Crippen molar-refractivity contribution in [2.24, 2.45) is 0 Å². The third kappa shape index (κ3) is 0.954. The first-order valence-electron chi connectivity index (χ1n) is 4.38. The summed E-state index contributed by atoms with van der Waals surface area (Å²) in [7, 11) is 0. The van der Waals surface area contributed by atoms with Crippen LogP contribution in [0.1, 0.15) is 0 Å². The molecular formula is C9H8N6. The summed E-state index contributed by atoms with van der Waals surface area (Å²) in [5.74, 6) is 6.13. The van der Waals surface area contributed by atoms with Gasteiger partial charge in [0.1, 0.15) is 17.4 Å². The number of imidazole rings is 1. The summed E-state index contributed by atoms with van der Waals surface area (Å²) < 4.78 is 1.44. The number of hydrogen-bond acceptors (Lipinski definition) is 5. The van der Waals surface area contributed by atoms with E-state index in [1.807, 2.05) is 6.07 Å². The Bertz CT molecular complexity index is 656. The zero-order valence-electron chi connectivity index (χ0n) is 7.75. The molecule has 6 heteroatoms. The van der Waals surface area contributed by atoms with Crippen molar-refractivity contribution in [3.63, 3.8) is 0 Å². The van der Waals surface area contributed by atoms with Crippen molar-refractivity contribution in [2.45, 2.75) is 0 Å². The normalized spacial score (nSPS) is 11.2. The summed E-state index contributed by atoms with van der Waals surface area (Å²) in [6.45, 7) is 0. The van der Waals surface area contributed by atoms with Gasteiger partial charge in [-0.1, -0.05) is 0 Å². The lowest BCUT2D eigenvalue weighted by Gasteiger charge is -2.02. The highest BCUT2D eigenvalue weighted by atomic mass is 15.3. The van der Waals surface area contributed by atoms with Crippen LogP contribution in [0.2, 0.25) is 0 Å². The van der Waals surface area contributed by atoms with E-state index >= 15 is 0 Å². The first kappa shape index (κ1) is 7.98. The second kappa shape index (κ2) is 2.57. The van der Waals surface area contributed by atoms with Crippen LogP contribution in [0.15, 0.2) is 24.8 Å². The summed E-state index contributed by atoms with van der Waals surface area (Å²) in [4.78, 5) is 12.3. The highest BCUT2D eigenvalue weighted by Gasteiger charge is 2.10. The topological polar surface area (TPSA) is 95.6 Å². The number of aromatic nitrogens is 4. The quantitative estimate of drug-likeness (QED) is 0.508. The van der Waals surface area contributed by atoms with Gasteiger partial charge >= 0.3 is 0 Å². The molecule has 0 aliphatic rings. The van der Waals surface area contributed by atoms with Crippen molar-refractivity contribution >= 4 is 27.8 Å². The lowest BCUT2D eigenvalue weighted by atomic mass is 10.2. The Balaban J connectivity index is 2.67. The molecule has 0 aliphatic heterocycles. The number of nitrogens with zero attached hydrogens (tertiary/aromatic N) is 4. The van der Waals surface area contributed by atoms with E-state index in [4.69, 9.17) is 11.6 Å². The van der Waals surface area contributed by atoms with Gasteiger partial charge in [-0.2, -0.15) is 0 Å². The summed E-state index contributed by atoms with van der Waals surface area (Å²) >= 11 is 0. The highest BCUT2D eigenvalue weighted by molar-refractivity contribution is 6.05. The number of hydrogen-bond donors (Lipinski definition) is 2. The fraction of sp³-hybridized carbons (Fsp3) is 0. The molecule has 3 aromatic rings. The maximum atomic E-state index is 5.77. The number of anilines is 1. The summed E-state index contributed by atoms with van der Waals surface area (Å²) in [6, 6.07) is 1.84. The van der Waals surface area contributed by atoms with Gasteiger partial charge in [0, 0.05) is 11.6 Å². The Hall–Kier alpha value is -2.37. The lowest BCUT2D eigenvalue weighted by Crippen LogP contribution is -2.06. The lowest BCUT2D eigenvalue weighted by molar-refractivity contribution is 1.04. The van der Waals surface area contributed by atoms with Gasteiger partial charge in [-0.15, -0.1) is 0 Å². The van der Waals surface area contributed by atoms with Gasteiger partial charge in [-0.05, 0) is 6.07 Å². The van der Waals surface area contributed by atoms with Crippen LogP contribution in [0.25, 0.3) is 21.9 Å². The van der Waals surface area contributed by atoms with Gasteiger partial charge in [0.05, 0.1) is 11.7 Å². The number of rotatable bonds is 0. The molecule has 0 bridgehead atoms. The second-order valence-electron chi connectivity index (χ2n) is 3.24. The molecule has 0 aliphatic carbocycles. The van der Waals surface area contributed by atoms with Gasteiger partial charge in [-0.3, -0.25) is 4.98 Å². The standard InChI is InChI=1S/C9H8N6/c10-9-7-8(15(11)4-13-7)5-1-2-12-3-6(5)14-9/h1-4H,11H2,(H2,10,14). The Morgan fingerprint density at radius 1 is 1.33 bits per heavy atom. The van der Waals surface area contributed by atoms with Gasteiger partial charge in [0.15, 0.2) is 5.82 Å². The Morgan fingerprint density at radius 3 is 3.07 bits per heavy atom. The van der Waals surface area contributed by atoms with E-state index in [-0.39, 0.29) is 0 Å². The fourth-order valence-corrected chi connectivity index (χ4v) is 1.67. The van der Waals surface area contributed by atoms with Crippen LogP contribution in [-0.2, 0) is 0 Å². The van der Waals surface area contributed by atoms with E-state index in [2.05, 4.69) is 15.0 Å². The van der Waals surface area contributed by atoms with Gasteiger partial charge in [-0.25, -0.2) is 14.6 Å². The zero-order chi connectivity index (χ0) is 10.4. The molecule has 0 aromatic carbocycles. The minimum Gasteiger partial charge on any atom is -0.382 e. The van der Waals surface area contributed by atoms with Crippen molar-refractivity contribution < 1.29 is 0 Å². The molecule has 15 heavy (non-hydrogen) atoms. The largest absolute Gasteiger partial charge is 0.382 e. The third-order valence-electron chi connectivity index (χ3n) is 2.33. The fourth-order valence-electron chi connectivity index (χ4n) is 1.67. The second-order valence-corrected chi connectivity index (χ2v) is 3.24. The summed E-state index contributed by atoms with van der Waals surface area (Å²) in [5, 5.41) is 0.897. The Kier molecular flexibility index (Phi) is 1.37. The van der Waals surface area contributed by atoms with E-state index < -0.39 is 0 Å². The highest BCUT2D eigenvalue weighted by Crippen LogP contribution is 2.24. The minimum absolute atomic E-state index is 0.370. The van der Waals surface area contributed by atoms with Gasteiger partial charge in [0.2, 0.25) is 0 Å². The molecule has 0 amide bonds. The van der Waals surface area contributed by atoms with Crippen LogP contribution in [0, 0.1) is 0 Å². The van der Waals surface area contributed by atoms with Crippen LogP contribution in [0.4, 0.5) is 5.82 Å². The first-order chi connectivity index (χ1) is 7.27.